The zero-order valence-corrected chi connectivity index (χ0v) is 41.3. The van der Waals surface area contributed by atoms with Gasteiger partial charge in [-0.3, -0.25) is 9.36 Å². The Balaban J connectivity index is 4.10. The van der Waals surface area contributed by atoms with Gasteiger partial charge in [-0.2, -0.15) is 0 Å². The van der Waals surface area contributed by atoms with Crippen molar-refractivity contribution in [2.24, 2.45) is 0 Å². The van der Waals surface area contributed by atoms with Crippen LogP contribution in [0.3, 0.4) is 0 Å². The van der Waals surface area contributed by atoms with Crippen LogP contribution in [0.2, 0.25) is 0 Å². The van der Waals surface area contributed by atoms with Crippen LogP contribution in [0, 0.1) is 0 Å². The molecule has 0 aromatic carbocycles. The molecular weight excluding hydrogens is 770 g/mol. The van der Waals surface area contributed by atoms with Gasteiger partial charge in [0.25, 0.3) is 7.82 Å². The van der Waals surface area contributed by atoms with Gasteiger partial charge in [0.2, 0.25) is 0 Å². The molecule has 0 radical (unpaired) electrons. The molecule has 0 saturated heterocycles. The lowest BCUT2D eigenvalue weighted by Gasteiger charge is -2.28. The molecule has 0 fully saturated rings. The summed E-state index contributed by atoms with van der Waals surface area (Å²) in [6.45, 7) is 5.41. The number of phosphoric ester groups is 1. The van der Waals surface area contributed by atoms with Crippen molar-refractivity contribution in [3.05, 3.63) is 24.3 Å². The van der Waals surface area contributed by atoms with E-state index in [1.807, 2.05) is 21.1 Å². The Hall–Kier alpha value is -1.02. The van der Waals surface area contributed by atoms with Crippen molar-refractivity contribution in [2.75, 3.05) is 54.1 Å². The van der Waals surface area contributed by atoms with Gasteiger partial charge in [0, 0.05) is 13.0 Å². The van der Waals surface area contributed by atoms with Crippen LogP contribution >= 0.6 is 7.82 Å². The van der Waals surface area contributed by atoms with E-state index in [-0.39, 0.29) is 25.8 Å². The van der Waals surface area contributed by atoms with E-state index >= 15 is 0 Å². The number of ether oxygens (including phenoxy) is 2. The third kappa shape index (κ3) is 48.0. The van der Waals surface area contributed by atoms with Gasteiger partial charge in [-0.1, -0.05) is 212 Å². The fourth-order valence-electron chi connectivity index (χ4n) is 7.28. The van der Waals surface area contributed by atoms with Crippen LogP contribution in [-0.4, -0.2) is 70.7 Å². The maximum Gasteiger partial charge on any atom is 0.306 e. The molecule has 2 unspecified atom stereocenters. The Morgan fingerprint density at radius 1 is 0.517 bits per heavy atom. The minimum atomic E-state index is -4.53. The maximum absolute atomic E-state index is 12.7. The first-order valence-electron chi connectivity index (χ1n) is 25.6. The largest absolute Gasteiger partial charge is 0.756 e. The van der Waals surface area contributed by atoms with Gasteiger partial charge in [-0.05, 0) is 44.9 Å². The molecule has 0 aromatic heterocycles. The normalized spacial score (nSPS) is 13.8. The number of carbonyl (C=O) groups excluding carboxylic acids is 1. The molecule has 2 atom stereocenters. The number of unbranched alkanes of at least 4 members (excludes halogenated alkanes) is 30. The minimum Gasteiger partial charge on any atom is -0.756 e. The van der Waals surface area contributed by atoms with E-state index in [1.54, 1.807) is 0 Å². The summed E-state index contributed by atoms with van der Waals surface area (Å²) in [6.07, 6.45) is 52.0. The Kier molecular flexibility index (Phi) is 43.8. The Bertz CT molecular complexity index is 1010. The second-order valence-electron chi connectivity index (χ2n) is 18.5. The molecule has 356 valence electrons. The second-order valence-corrected chi connectivity index (χ2v) is 19.9. The van der Waals surface area contributed by atoms with Crippen molar-refractivity contribution in [1.29, 1.82) is 0 Å². The molecule has 0 saturated carbocycles. The number of nitrogens with zero attached hydrogens (tertiary/aromatic N) is 1. The van der Waals surface area contributed by atoms with E-state index in [4.69, 9.17) is 18.5 Å². The first-order valence-corrected chi connectivity index (χ1v) is 27.0. The average molecular weight is 870 g/mol. The first kappa shape index (κ1) is 59.0. The van der Waals surface area contributed by atoms with Crippen molar-refractivity contribution < 1.29 is 37.3 Å². The van der Waals surface area contributed by atoms with Crippen LogP contribution in [-0.2, 0) is 27.9 Å². The molecule has 0 heterocycles. The van der Waals surface area contributed by atoms with Gasteiger partial charge in [0.15, 0.2) is 0 Å². The van der Waals surface area contributed by atoms with E-state index in [0.29, 0.717) is 24.1 Å². The first-order chi connectivity index (χ1) is 29.1. The molecule has 0 spiro atoms. The summed E-state index contributed by atoms with van der Waals surface area (Å²) < 4.78 is 34.7. The molecule has 9 heteroatoms. The number of allylic oxidation sites excluding steroid dienone is 4. The van der Waals surface area contributed by atoms with Crippen LogP contribution < -0.4 is 4.89 Å². The van der Waals surface area contributed by atoms with Gasteiger partial charge in [-0.25, -0.2) is 0 Å². The Labute approximate surface area is 373 Å². The number of hydrogen-bond acceptors (Lipinski definition) is 7. The maximum atomic E-state index is 12.7. The van der Waals surface area contributed by atoms with E-state index < -0.39 is 13.9 Å². The quantitative estimate of drug-likeness (QED) is 0.0198. The molecular formula is C51H100NO7P. The number of quaternary nitrogens is 1. The van der Waals surface area contributed by atoms with E-state index in [9.17, 15) is 14.3 Å². The average Bonchev–Trinajstić information content (AvgIpc) is 3.20. The lowest BCUT2D eigenvalue weighted by Crippen LogP contribution is -2.37. The van der Waals surface area contributed by atoms with Gasteiger partial charge in [0.05, 0.1) is 34.4 Å². The van der Waals surface area contributed by atoms with E-state index in [2.05, 4.69) is 38.2 Å². The topological polar surface area (TPSA) is 94.1 Å². The SMILES string of the molecule is CCCCC/C=C\C/C=C\CCCCCCCCOCC(COP(=O)([O-])OCC[N+](C)(C)C)OC(=O)CCCCCCCCCCCCCCCCCCCCCCCC. The molecule has 60 heavy (non-hydrogen) atoms. The lowest BCUT2D eigenvalue weighted by atomic mass is 10.0. The van der Waals surface area contributed by atoms with Crippen LogP contribution in [0.4, 0.5) is 0 Å². The number of likely N-dealkylation sites (N-methyl/N-ethyl adjacent to an activating group) is 1. The minimum absolute atomic E-state index is 0.0261. The molecule has 0 amide bonds. The zero-order valence-electron chi connectivity index (χ0n) is 40.4. The molecule has 0 aliphatic carbocycles. The summed E-state index contributed by atoms with van der Waals surface area (Å²) in [6, 6.07) is 0. The second kappa shape index (κ2) is 44.6. The Morgan fingerprint density at radius 2 is 0.917 bits per heavy atom. The van der Waals surface area contributed by atoms with Crippen LogP contribution in [0.25, 0.3) is 0 Å². The van der Waals surface area contributed by atoms with Gasteiger partial charge >= 0.3 is 5.97 Å². The van der Waals surface area contributed by atoms with Crippen molar-refractivity contribution in [3.8, 4) is 0 Å². The van der Waals surface area contributed by atoms with Crippen molar-refractivity contribution >= 4 is 13.8 Å². The number of rotatable bonds is 48. The van der Waals surface area contributed by atoms with Gasteiger partial charge in [0.1, 0.15) is 19.3 Å². The Morgan fingerprint density at radius 3 is 1.38 bits per heavy atom. The van der Waals surface area contributed by atoms with E-state index in [1.165, 1.54) is 173 Å². The van der Waals surface area contributed by atoms with Crippen LogP contribution in [0.15, 0.2) is 24.3 Å². The highest BCUT2D eigenvalue weighted by Crippen LogP contribution is 2.38. The highest BCUT2D eigenvalue weighted by atomic mass is 31.2. The molecule has 0 rings (SSSR count). The third-order valence-corrected chi connectivity index (χ3v) is 12.2. The fourth-order valence-corrected chi connectivity index (χ4v) is 8.01. The molecule has 0 aliphatic rings. The number of hydrogen-bond donors (Lipinski definition) is 0. The molecule has 8 nitrogen and oxygen atoms in total. The van der Waals surface area contributed by atoms with Crippen LogP contribution in [0.1, 0.15) is 239 Å². The highest BCUT2D eigenvalue weighted by Gasteiger charge is 2.20. The molecule has 0 aromatic rings. The summed E-state index contributed by atoms with van der Waals surface area (Å²) in [5, 5.41) is 0. The van der Waals surface area contributed by atoms with Crippen molar-refractivity contribution in [2.45, 2.75) is 245 Å². The predicted octanol–water partition coefficient (Wildman–Crippen LogP) is 14.9. The zero-order chi connectivity index (χ0) is 44.1. The summed E-state index contributed by atoms with van der Waals surface area (Å²) >= 11 is 0. The van der Waals surface area contributed by atoms with E-state index in [0.717, 1.165) is 44.9 Å². The highest BCUT2D eigenvalue weighted by molar-refractivity contribution is 7.45. The summed E-state index contributed by atoms with van der Waals surface area (Å²) in [5.74, 6) is -0.333. The monoisotopic (exact) mass is 870 g/mol. The predicted molar refractivity (Wildman–Crippen MR) is 254 cm³/mol. The number of phosphoric acid groups is 1. The molecule has 0 bridgehead atoms. The fraction of sp³-hybridized carbons (Fsp3) is 0.902. The molecule has 0 N–H and O–H groups in total. The summed E-state index contributed by atoms with van der Waals surface area (Å²) in [5.41, 5.74) is 0. The van der Waals surface area contributed by atoms with Gasteiger partial charge in [-0.15, -0.1) is 0 Å². The summed E-state index contributed by atoms with van der Waals surface area (Å²) in [7, 11) is 1.36. The number of carbonyl (C=O) groups is 1. The smallest absolute Gasteiger partial charge is 0.306 e. The van der Waals surface area contributed by atoms with Gasteiger partial charge < -0.3 is 27.9 Å². The third-order valence-electron chi connectivity index (χ3n) is 11.3. The summed E-state index contributed by atoms with van der Waals surface area (Å²) in [4.78, 5) is 25.2. The van der Waals surface area contributed by atoms with Crippen LogP contribution in [0.5, 0.6) is 0 Å². The lowest BCUT2D eigenvalue weighted by molar-refractivity contribution is -0.870. The number of esters is 1. The van der Waals surface area contributed by atoms with Crippen molar-refractivity contribution in [3.63, 3.8) is 0 Å². The molecule has 0 aliphatic heterocycles. The standard InChI is InChI=1S/C51H100NO7P/c1-6-8-10-12-14-16-18-20-22-24-25-26-27-28-29-30-32-34-36-38-40-42-44-51(53)59-50(49-58-60(54,55)57-47-45-52(3,4)5)48-56-46-43-41-39-37-35-33-31-23-21-19-17-15-13-11-9-7-2/h15,17,21,23,50H,6-14,16,18-20,22,24-49H2,1-5H3/b17-15-,23-21-. The van der Waals surface area contributed by atoms with Crippen molar-refractivity contribution in [1.82, 2.24) is 0 Å².